The van der Waals surface area contributed by atoms with Crippen LogP contribution in [0.2, 0.25) is 0 Å². The Labute approximate surface area is 112 Å². The minimum atomic E-state index is -0.151. The van der Waals surface area contributed by atoms with E-state index in [1.807, 2.05) is 37.3 Å². The molecule has 0 fully saturated rings. The number of nitrogens with one attached hydrogen (secondary N) is 2. The minimum absolute atomic E-state index is 0.0582. The van der Waals surface area contributed by atoms with Gasteiger partial charge in [-0.2, -0.15) is 0 Å². The molecule has 0 atom stereocenters. The van der Waals surface area contributed by atoms with E-state index in [0.29, 0.717) is 18.7 Å². The fraction of sp³-hybridized carbons (Fsp3) is 0.385. The molecule has 0 spiro atoms. The zero-order valence-corrected chi connectivity index (χ0v) is 11.3. The van der Waals surface area contributed by atoms with Crippen LogP contribution in [0.3, 0.4) is 0 Å². The average Bonchev–Trinajstić information content (AvgIpc) is 2.38. The number of thioether (sulfide) groups is 1. The summed E-state index contributed by atoms with van der Waals surface area (Å²) in [5.74, 6) is 0.469. The van der Waals surface area contributed by atoms with Crippen LogP contribution in [0.25, 0.3) is 0 Å². The first-order valence-electron chi connectivity index (χ1n) is 5.93. The van der Waals surface area contributed by atoms with Crippen LogP contribution < -0.4 is 10.6 Å². The molecule has 98 valence electrons. The van der Waals surface area contributed by atoms with Gasteiger partial charge < -0.3 is 10.6 Å². The Bertz CT molecular complexity index is 382. The largest absolute Gasteiger partial charge is 0.355 e. The third kappa shape index (κ3) is 6.30. The van der Waals surface area contributed by atoms with Crippen LogP contribution in [0.15, 0.2) is 35.2 Å². The molecule has 0 heterocycles. The van der Waals surface area contributed by atoms with E-state index in [2.05, 4.69) is 10.6 Å². The van der Waals surface area contributed by atoms with E-state index in [1.54, 1.807) is 11.8 Å². The standard InChI is InChI=1S/C13H18N2O2S/c1-2-14-13(17)10-15-12(16)8-9-18-11-6-4-3-5-7-11/h3-7H,2,8-10H2,1H3,(H,14,17)(H,15,16). The Balaban J connectivity index is 2.12. The summed E-state index contributed by atoms with van der Waals surface area (Å²) in [6, 6.07) is 9.92. The lowest BCUT2D eigenvalue weighted by Gasteiger charge is -2.05. The van der Waals surface area contributed by atoms with Crippen LogP contribution in [-0.4, -0.2) is 30.7 Å². The third-order valence-corrected chi connectivity index (χ3v) is 3.17. The molecule has 1 aromatic rings. The number of hydrogen-bond acceptors (Lipinski definition) is 3. The summed E-state index contributed by atoms with van der Waals surface area (Å²) in [7, 11) is 0. The van der Waals surface area contributed by atoms with Crippen LogP contribution in [0.1, 0.15) is 13.3 Å². The molecule has 18 heavy (non-hydrogen) atoms. The van der Waals surface area contributed by atoms with Gasteiger partial charge in [-0.3, -0.25) is 9.59 Å². The lowest BCUT2D eigenvalue weighted by atomic mass is 10.4. The summed E-state index contributed by atoms with van der Waals surface area (Å²) >= 11 is 1.63. The minimum Gasteiger partial charge on any atom is -0.355 e. The van der Waals surface area contributed by atoms with Crippen LogP contribution in [-0.2, 0) is 9.59 Å². The predicted octanol–water partition coefficient (Wildman–Crippen LogP) is 1.42. The van der Waals surface area contributed by atoms with E-state index in [1.165, 1.54) is 0 Å². The zero-order valence-electron chi connectivity index (χ0n) is 10.4. The number of amides is 2. The monoisotopic (exact) mass is 266 g/mol. The third-order valence-electron chi connectivity index (χ3n) is 2.16. The molecule has 0 saturated carbocycles. The summed E-state index contributed by atoms with van der Waals surface area (Å²) in [6.45, 7) is 2.48. The molecule has 0 aliphatic heterocycles. The van der Waals surface area contributed by atoms with Gasteiger partial charge in [0.2, 0.25) is 11.8 Å². The Morgan fingerprint density at radius 1 is 1.11 bits per heavy atom. The Morgan fingerprint density at radius 3 is 2.50 bits per heavy atom. The van der Waals surface area contributed by atoms with E-state index in [0.717, 1.165) is 4.90 Å². The van der Waals surface area contributed by atoms with Crippen LogP contribution in [0, 0.1) is 0 Å². The number of hydrogen-bond donors (Lipinski definition) is 2. The first-order valence-corrected chi connectivity index (χ1v) is 6.92. The topological polar surface area (TPSA) is 58.2 Å². The highest BCUT2D eigenvalue weighted by molar-refractivity contribution is 7.99. The van der Waals surface area contributed by atoms with Gasteiger partial charge in [0.05, 0.1) is 6.54 Å². The van der Waals surface area contributed by atoms with Gasteiger partial charge in [0.1, 0.15) is 0 Å². The van der Waals surface area contributed by atoms with Crippen molar-refractivity contribution in [2.24, 2.45) is 0 Å². The molecule has 0 aromatic heterocycles. The van der Waals surface area contributed by atoms with E-state index >= 15 is 0 Å². The average molecular weight is 266 g/mol. The van der Waals surface area contributed by atoms with Crippen molar-refractivity contribution in [1.29, 1.82) is 0 Å². The first kappa shape index (κ1) is 14.6. The van der Waals surface area contributed by atoms with Gasteiger partial charge >= 0.3 is 0 Å². The maximum atomic E-state index is 11.4. The number of rotatable bonds is 7. The molecule has 5 heteroatoms. The lowest BCUT2D eigenvalue weighted by Crippen LogP contribution is -2.36. The summed E-state index contributed by atoms with van der Waals surface area (Å²) in [6.07, 6.45) is 0.416. The molecule has 0 aliphatic rings. The van der Waals surface area contributed by atoms with E-state index in [4.69, 9.17) is 0 Å². The van der Waals surface area contributed by atoms with Gasteiger partial charge in [-0.1, -0.05) is 18.2 Å². The molecular weight excluding hydrogens is 248 g/mol. The van der Waals surface area contributed by atoms with Crippen molar-refractivity contribution in [3.63, 3.8) is 0 Å². The SMILES string of the molecule is CCNC(=O)CNC(=O)CCSc1ccccc1. The highest BCUT2D eigenvalue weighted by Crippen LogP contribution is 2.17. The fourth-order valence-electron chi connectivity index (χ4n) is 1.31. The van der Waals surface area contributed by atoms with Gasteiger partial charge in [0.15, 0.2) is 0 Å². The maximum absolute atomic E-state index is 11.4. The van der Waals surface area contributed by atoms with Crippen molar-refractivity contribution in [2.45, 2.75) is 18.2 Å². The van der Waals surface area contributed by atoms with Gasteiger partial charge in [0.25, 0.3) is 0 Å². The number of carbonyl (C=O) groups excluding carboxylic acids is 2. The Hall–Kier alpha value is -1.49. The van der Waals surface area contributed by atoms with Crippen molar-refractivity contribution in [3.05, 3.63) is 30.3 Å². The molecule has 2 amide bonds. The second kappa shape index (κ2) is 8.58. The van der Waals surface area contributed by atoms with E-state index in [-0.39, 0.29) is 18.4 Å². The highest BCUT2D eigenvalue weighted by Gasteiger charge is 2.04. The highest BCUT2D eigenvalue weighted by atomic mass is 32.2. The maximum Gasteiger partial charge on any atom is 0.239 e. The first-order chi connectivity index (χ1) is 8.72. The number of likely N-dealkylation sites (N-methyl/N-ethyl adjacent to an activating group) is 1. The van der Waals surface area contributed by atoms with Crippen molar-refractivity contribution in [2.75, 3.05) is 18.8 Å². The summed E-state index contributed by atoms with van der Waals surface area (Å²) in [5, 5.41) is 5.21. The second-order valence-electron chi connectivity index (χ2n) is 3.64. The Morgan fingerprint density at radius 2 is 1.83 bits per heavy atom. The second-order valence-corrected chi connectivity index (χ2v) is 4.81. The summed E-state index contributed by atoms with van der Waals surface area (Å²) in [5.41, 5.74) is 0. The molecule has 1 rings (SSSR count). The van der Waals surface area contributed by atoms with Crippen molar-refractivity contribution < 1.29 is 9.59 Å². The normalized spacial score (nSPS) is 9.83. The molecule has 0 unspecified atom stereocenters. The zero-order chi connectivity index (χ0) is 13.2. The van der Waals surface area contributed by atoms with Crippen LogP contribution in [0.4, 0.5) is 0 Å². The predicted molar refractivity (Wildman–Crippen MR) is 73.5 cm³/mol. The van der Waals surface area contributed by atoms with Gasteiger partial charge in [0, 0.05) is 23.6 Å². The van der Waals surface area contributed by atoms with Crippen LogP contribution in [0.5, 0.6) is 0 Å². The lowest BCUT2D eigenvalue weighted by molar-refractivity contribution is -0.125. The van der Waals surface area contributed by atoms with Crippen molar-refractivity contribution >= 4 is 23.6 Å². The summed E-state index contributed by atoms with van der Waals surface area (Å²) in [4.78, 5) is 23.7. The molecule has 4 nitrogen and oxygen atoms in total. The molecular formula is C13H18N2O2S. The molecule has 1 aromatic carbocycles. The van der Waals surface area contributed by atoms with Crippen molar-refractivity contribution in [3.8, 4) is 0 Å². The fourth-order valence-corrected chi connectivity index (χ4v) is 2.18. The van der Waals surface area contributed by atoms with Gasteiger partial charge in [-0.15, -0.1) is 11.8 Å². The molecule has 0 saturated heterocycles. The Kier molecular flexibility index (Phi) is 6.94. The molecule has 2 N–H and O–H groups in total. The number of carbonyl (C=O) groups is 2. The van der Waals surface area contributed by atoms with Gasteiger partial charge in [-0.05, 0) is 19.1 Å². The van der Waals surface area contributed by atoms with E-state index in [9.17, 15) is 9.59 Å². The molecule has 0 aliphatic carbocycles. The van der Waals surface area contributed by atoms with E-state index < -0.39 is 0 Å². The van der Waals surface area contributed by atoms with Gasteiger partial charge in [-0.25, -0.2) is 0 Å². The summed E-state index contributed by atoms with van der Waals surface area (Å²) < 4.78 is 0. The molecule has 0 radical (unpaired) electrons. The quantitative estimate of drug-likeness (QED) is 0.734. The van der Waals surface area contributed by atoms with Crippen LogP contribution >= 0.6 is 11.8 Å². The smallest absolute Gasteiger partial charge is 0.239 e. The molecule has 0 bridgehead atoms. The number of benzene rings is 1. The van der Waals surface area contributed by atoms with Crippen molar-refractivity contribution in [1.82, 2.24) is 10.6 Å².